The highest BCUT2D eigenvalue weighted by atomic mass is 16.4. The molecule has 15 heavy (non-hydrogen) atoms. The predicted molar refractivity (Wildman–Crippen MR) is 59.2 cm³/mol. The van der Waals surface area contributed by atoms with Crippen molar-refractivity contribution in [3.05, 3.63) is 42.0 Å². The highest BCUT2D eigenvalue weighted by Crippen LogP contribution is 2.15. The summed E-state index contributed by atoms with van der Waals surface area (Å²) in [7, 11) is -1.62. The molecule has 0 aromatic heterocycles. The van der Waals surface area contributed by atoms with Crippen molar-refractivity contribution in [2.45, 2.75) is 0 Å². The zero-order valence-corrected chi connectivity index (χ0v) is 7.92. The minimum atomic E-state index is -1.62. The highest BCUT2D eigenvalue weighted by Gasteiger charge is 2.17. The Kier molecular flexibility index (Phi) is 2.54. The molecule has 2 rings (SSSR count). The van der Waals surface area contributed by atoms with E-state index in [4.69, 9.17) is 10.0 Å². The van der Waals surface area contributed by atoms with Gasteiger partial charge in [-0.15, -0.1) is 0 Å². The van der Waals surface area contributed by atoms with E-state index in [0.29, 0.717) is 11.8 Å². The Morgan fingerprint density at radius 3 is 2.47 bits per heavy atom. The first kappa shape index (κ1) is 9.89. The van der Waals surface area contributed by atoms with Crippen molar-refractivity contribution in [2.24, 2.45) is 0 Å². The Bertz CT molecular complexity index is 508. The monoisotopic (exact) mass is 200 g/mol. The van der Waals surface area contributed by atoms with Crippen LogP contribution >= 0.6 is 0 Å². The molecule has 0 aliphatic carbocycles. The summed E-state index contributed by atoms with van der Waals surface area (Å²) in [6, 6.07) is 10.6. The Morgan fingerprint density at radius 1 is 1.07 bits per heavy atom. The van der Waals surface area contributed by atoms with Gasteiger partial charge in [-0.05, 0) is 16.2 Å². The molecule has 2 aromatic carbocycles. The second kappa shape index (κ2) is 3.84. The first-order valence-corrected chi connectivity index (χ1v) is 4.57. The van der Waals surface area contributed by atoms with Crippen LogP contribution in [0.5, 0.6) is 0 Å². The molecule has 0 saturated heterocycles. The first-order valence-electron chi connectivity index (χ1n) is 4.57. The molecule has 0 amide bonds. The maximum Gasteiger partial charge on any atom is 0.489 e. The third-order valence-corrected chi connectivity index (χ3v) is 2.40. The van der Waals surface area contributed by atoms with Crippen molar-refractivity contribution in [3.63, 3.8) is 0 Å². The van der Waals surface area contributed by atoms with Crippen molar-refractivity contribution in [2.75, 3.05) is 0 Å². The number of hydrogen-bond acceptors (Lipinski definition) is 3. The topological polar surface area (TPSA) is 57.5 Å². The van der Waals surface area contributed by atoms with Gasteiger partial charge in [0.25, 0.3) is 0 Å². The number of rotatable bonds is 2. The number of hydrogen-bond donors (Lipinski definition) is 2. The van der Waals surface area contributed by atoms with E-state index in [1.165, 1.54) is 0 Å². The summed E-state index contributed by atoms with van der Waals surface area (Å²) in [4.78, 5) is 10.9. The summed E-state index contributed by atoms with van der Waals surface area (Å²) >= 11 is 0. The fourth-order valence-electron chi connectivity index (χ4n) is 1.67. The Labute approximate surface area is 87.1 Å². The van der Waals surface area contributed by atoms with E-state index in [0.717, 1.165) is 10.8 Å². The summed E-state index contributed by atoms with van der Waals surface area (Å²) in [6.45, 7) is 0. The van der Waals surface area contributed by atoms with Crippen molar-refractivity contribution >= 4 is 29.6 Å². The molecule has 0 bridgehead atoms. The largest absolute Gasteiger partial charge is 0.489 e. The molecule has 0 atom stereocenters. The summed E-state index contributed by atoms with van der Waals surface area (Å²) in [6.07, 6.45) is 0.650. The molecule has 3 nitrogen and oxygen atoms in total. The minimum Gasteiger partial charge on any atom is -0.423 e. The Morgan fingerprint density at radius 2 is 1.80 bits per heavy atom. The van der Waals surface area contributed by atoms with E-state index in [2.05, 4.69) is 0 Å². The van der Waals surface area contributed by atoms with Gasteiger partial charge in [-0.25, -0.2) is 0 Å². The molecule has 2 N–H and O–H groups in total. The molecule has 4 heteroatoms. The van der Waals surface area contributed by atoms with Crippen molar-refractivity contribution in [1.29, 1.82) is 0 Å². The van der Waals surface area contributed by atoms with Crippen LogP contribution in [0, 0.1) is 0 Å². The highest BCUT2D eigenvalue weighted by molar-refractivity contribution is 6.60. The number of carbonyl (C=O) groups is 1. The lowest BCUT2D eigenvalue weighted by Gasteiger charge is -2.06. The fraction of sp³-hybridized carbons (Fsp3) is 0. The van der Waals surface area contributed by atoms with Crippen LogP contribution in [0.3, 0.4) is 0 Å². The maximum absolute atomic E-state index is 10.9. The fourth-order valence-corrected chi connectivity index (χ4v) is 1.67. The average molecular weight is 200 g/mol. The molecule has 0 unspecified atom stereocenters. The van der Waals surface area contributed by atoms with Crippen molar-refractivity contribution in [3.8, 4) is 0 Å². The molecule has 0 heterocycles. The molecule has 0 saturated carbocycles. The predicted octanol–water partition coefficient (Wildman–Crippen LogP) is 0.332. The van der Waals surface area contributed by atoms with Gasteiger partial charge in [0.1, 0.15) is 6.29 Å². The number of aldehydes is 1. The van der Waals surface area contributed by atoms with E-state index in [1.54, 1.807) is 18.2 Å². The summed E-state index contributed by atoms with van der Waals surface area (Å²) in [5.74, 6) is 0. The summed E-state index contributed by atoms with van der Waals surface area (Å²) < 4.78 is 0. The summed E-state index contributed by atoms with van der Waals surface area (Å²) in [5.41, 5.74) is 0.576. The standard InChI is InChI=1S/C11H9BO3/c13-7-10-9-4-2-1-3-8(9)5-6-11(10)12(14)15/h1-7,14-15H. The van der Waals surface area contributed by atoms with Gasteiger partial charge in [-0.3, -0.25) is 4.79 Å². The molecule has 0 radical (unpaired) electrons. The molecule has 0 aliphatic rings. The lowest BCUT2D eigenvalue weighted by molar-refractivity contribution is 0.112. The Hall–Kier alpha value is -1.65. The van der Waals surface area contributed by atoms with Gasteiger partial charge in [-0.2, -0.15) is 0 Å². The number of carbonyl (C=O) groups excluding carboxylic acids is 1. The van der Waals surface area contributed by atoms with E-state index >= 15 is 0 Å². The normalized spacial score (nSPS) is 10.3. The Balaban J connectivity index is 2.81. The van der Waals surface area contributed by atoms with Crippen LogP contribution in [0.1, 0.15) is 10.4 Å². The molecular formula is C11H9BO3. The molecule has 0 spiro atoms. The maximum atomic E-state index is 10.9. The number of benzene rings is 2. The number of fused-ring (bicyclic) bond motifs is 1. The van der Waals surface area contributed by atoms with Gasteiger partial charge in [-0.1, -0.05) is 36.4 Å². The minimum absolute atomic E-state index is 0.240. The molecule has 74 valence electrons. The van der Waals surface area contributed by atoms with Crippen LogP contribution in [0.15, 0.2) is 36.4 Å². The lowest BCUT2D eigenvalue weighted by Crippen LogP contribution is -2.33. The van der Waals surface area contributed by atoms with Gasteiger partial charge in [0, 0.05) is 5.56 Å². The van der Waals surface area contributed by atoms with Gasteiger partial charge in [0.15, 0.2) is 0 Å². The van der Waals surface area contributed by atoms with Crippen LogP contribution in [-0.4, -0.2) is 23.5 Å². The second-order valence-electron chi connectivity index (χ2n) is 3.28. The van der Waals surface area contributed by atoms with Gasteiger partial charge in [0.05, 0.1) is 0 Å². The third kappa shape index (κ3) is 1.65. The lowest BCUT2D eigenvalue weighted by atomic mass is 9.76. The van der Waals surface area contributed by atoms with E-state index in [-0.39, 0.29) is 5.46 Å². The average Bonchev–Trinajstić information content (AvgIpc) is 2.27. The van der Waals surface area contributed by atoms with Crippen LogP contribution in [0.2, 0.25) is 0 Å². The molecule has 2 aromatic rings. The van der Waals surface area contributed by atoms with E-state index in [1.807, 2.05) is 18.2 Å². The van der Waals surface area contributed by atoms with E-state index in [9.17, 15) is 4.79 Å². The van der Waals surface area contributed by atoms with Crippen molar-refractivity contribution in [1.82, 2.24) is 0 Å². The van der Waals surface area contributed by atoms with Gasteiger partial charge in [0.2, 0.25) is 0 Å². The van der Waals surface area contributed by atoms with Crippen molar-refractivity contribution < 1.29 is 14.8 Å². The third-order valence-electron chi connectivity index (χ3n) is 2.40. The zero-order chi connectivity index (χ0) is 10.8. The molecular weight excluding hydrogens is 191 g/mol. The molecule has 0 fully saturated rings. The SMILES string of the molecule is O=Cc1c(B(O)O)ccc2ccccc12. The van der Waals surface area contributed by atoms with Crippen LogP contribution in [-0.2, 0) is 0 Å². The van der Waals surface area contributed by atoms with Gasteiger partial charge >= 0.3 is 7.12 Å². The van der Waals surface area contributed by atoms with Gasteiger partial charge < -0.3 is 10.0 Å². The quantitative estimate of drug-likeness (QED) is 0.542. The summed E-state index contributed by atoms with van der Waals surface area (Å²) in [5, 5.41) is 19.8. The van der Waals surface area contributed by atoms with Crippen LogP contribution in [0.4, 0.5) is 0 Å². The smallest absolute Gasteiger partial charge is 0.423 e. The zero-order valence-electron chi connectivity index (χ0n) is 7.92. The van der Waals surface area contributed by atoms with Crippen LogP contribution < -0.4 is 5.46 Å². The second-order valence-corrected chi connectivity index (χ2v) is 3.28. The molecule has 0 aliphatic heterocycles. The van der Waals surface area contributed by atoms with E-state index < -0.39 is 7.12 Å². The first-order chi connectivity index (χ1) is 7.24. The van der Waals surface area contributed by atoms with Crippen LogP contribution in [0.25, 0.3) is 10.8 Å².